The maximum Gasteiger partial charge on any atom is 0.174 e. The number of hydrogen-bond donors (Lipinski definition) is 1. The summed E-state index contributed by atoms with van der Waals surface area (Å²) >= 11 is 5.60. The van der Waals surface area contributed by atoms with Crippen molar-refractivity contribution in [2.45, 2.75) is 12.1 Å². The van der Waals surface area contributed by atoms with Gasteiger partial charge in [0.15, 0.2) is 5.11 Å². The SMILES string of the molecule is Cn1ccc(C2C(c3ccccn3)NC(=S)N2c2ccc(F)cc2)c1. The molecule has 0 radical (unpaired) electrons. The fourth-order valence-electron chi connectivity index (χ4n) is 3.27. The van der Waals surface area contributed by atoms with E-state index in [9.17, 15) is 4.39 Å². The summed E-state index contributed by atoms with van der Waals surface area (Å²) in [6.07, 6.45) is 5.87. The lowest BCUT2D eigenvalue weighted by Gasteiger charge is -2.27. The van der Waals surface area contributed by atoms with Gasteiger partial charge in [-0.3, -0.25) is 4.98 Å². The molecule has 2 atom stereocenters. The Labute approximate surface area is 150 Å². The van der Waals surface area contributed by atoms with Crippen molar-refractivity contribution in [3.05, 3.63) is 84.2 Å². The third-order valence-electron chi connectivity index (χ3n) is 4.40. The van der Waals surface area contributed by atoms with Crippen molar-refractivity contribution in [2.75, 3.05) is 4.90 Å². The molecule has 3 heterocycles. The zero-order chi connectivity index (χ0) is 17.4. The Bertz CT molecular complexity index is 891. The Morgan fingerprint density at radius 1 is 1.12 bits per heavy atom. The van der Waals surface area contributed by atoms with Crippen LogP contribution in [0, 0.1) is 5.82 Å². The quantitative estimate of drug-likeness (QED) is 0.728. The average molecular weight is 352 g/mol. The van der Waals surface area contributed by atoms with E-state index in [-0.39, 0.29) is 17.9 Å². The number of halogens is 1. The van der Waals surface area contributed by atoms with Gasteiger partial charge < -0.3 is 14.8 Å². The number of aryl methyl sites for hydroxylation is 1. The fraction of sp³-hybridized carbons (Fsp3) is 0.158. The normalized spacial score (nSPS) is 19.9. The van der Waals surface area contributed by atoms with E-state index in [1.54, 1.807) is 18.3 Å². The molecule has 1 aromatic carbocycles. The first-order valence-corrected chi connectivity index (χ1v) is 8.42. The predicted molar refractivity (Wildman–Crippen MR) is 99.7 cm³/mol. The van der Waals surface area contributed by atoms with Crippen molar-refractivity contribution < 1.29 is 4.39 Å². The molecule has 3 aromatic rings. The van der Waals surface area contributed by atoms with Crippen LogP contribution in [-0.2, 0) is 7.05 Å². The summed E-state index contributed by atoms with van der Waals surface area (Å²) in [6.45, 7) is 0. The first kappa shape index (κ1) is 15.8. The number of nitrogens with one attached hydrogen (secondary N) is 1. The lowest BCUT2D eigenvalue weighted by molar-refractivity contribution is 0.567. The van der Waals surface area contributed by atoms with Gasteiger partial charge in [0, 0.05) is 31.3 Å². The summed E-state index contributed by atoms with van der Waals surface area (Å²) in [7, 11) is 1.99. The molecule has 126 valence electrons. The van der Waals surface area contributed by atoms with Crippen LogP contribution in [0.3, 0.4) is 0 Å². The van der Waals surface area contributed by atoms with E-state index < -0.39 is 0 Å². The smallest absolute Gasteiger partial charge is 0.174 e. The van der Waals surface area contributed by atoms with E-state index in [1.807, 2.05) is 40.9 Å². The van der Waals surface area contributed by atoms with Gasteiger partial charge in [-0.25, -0.2) is 4.39 Å². The minimum atomic E-state index is -0.264. The minimum Gasteiger partial charge on any atom is -0.357 e. The summed E-state index contributed by atoms with van der Waals surface area (Å²) in [5.74, 6) is -0.264. The fourth-order valence-corrected chi connectivity index (χ4v) is 3.62. The second-order valence-corrected chi connectivity index (χ2v) is 6.47. The van der Waals surface area contributed by atoms with Crippen molar-refractivity contribution in [3.8, 4) is 0 Å². The van der Waals surface area contributed by atoms with Crippen LogP contribution in [0.25, 0.3) is 0 Å². The van der Waals surface area contributed by atoms with Crippen LogP contribution in [0.15, 0.2) is 67.1 Å². The molecular weight excluding hydrogens is 335 g/mol. The van der Waals surface area contributed by atoms with Gasteiger partial charge in [-0.15, -0.1) is 0 Å². The molecule has 0 amide bonds. The van der Waals surface area contributed by atoms with Crippen LogP contribution in [0.5, 0.6) is 0 Å². The highest BCUT2D eigenvalue weighted by molar-refractivity contribution is 7.80. The monoisotopic (exact) mass is 352 g/mol. The number of anilines is 1. The molecule has 2 unspecified atom stereocenters. The van der Waals surface area contributed by atoms with Gasteiger partial charge in [-0.1, -0.05) is 6.07 Å². The van der Waals surface area contributed by atoms with Crippen LogP contribution in [0.2, 0.25) is 0 Å². The summed E-state index contributed by atoms with van der Waals surface area (Å²) in [5.41, 5.74) is 2.89. The van der Waals surface area contributed by atoms with Gasteiger partial charge >= 0.3 is 0 Å². The molecule has 1 aliphatic rings. The molecule has 0 bridgehead atoms. The molecule has 0 spiro atoms. The molecule has 4 rings (SSSR count). The summed E-state index contributed by atoms with van der Waals surface area (Å²) in [4.78, 5) is 6.54. The van der Waals surface area contributed by atoms with Crippen molar-refractivity contribution >= 4 is 23.0 Å². The summed E-state index contributed by atoms with van der Waals surface area (Å²) < 4.78 is 15.4. The number of nitrogens with zero attached hydrogens (tertiary/aromatic N) is 3. The number of benzene rings is 1. The van der Waals surface area contributed by atoms with E-state index in [1.165, 1.54) is 12.1 Å². The Morgan fingerprint density at radius 2 is 1.92 bits per heavy atom. The molecular formula is C19H17FN4S. The van der Waals surface area contributed by atoms with Crippen LogP contribution in [0.4, 0.5) is 10.1 Å². The van der Waals surface area contributed by atoms with Crippen LogP contribution in [0.1, 0.15) is 23.3 Å². The number of pyridine rings is 1. The van der Waals surface area contributed by atoms with Crippen LogP contribution < -0.4 is 10.2 Å². The van der Waals surface area contributed by atoms with E-state index in [2.05, 4.69) is 22.6 Å². The van der Waals surface area contributed by atoms with E-state index in [4.69, 9.17) is 12.2 Å². The second kappa shape index (κ2) is 6.29. The number of aromatic nitrogens is 2. The van der Waals surface area contributed by atoms with E-state index in [0.29, 0.717) is 5.11 Å². The molecule has 25 heavy (non-hydrogen) atoms. The predicted octanol–water partition coefficient (Wildman–Crippen LogP) is 3.74. The summed E-state index contributed by atoms with van der Waals surface area (Å²) in [5, 5.41) is 3.99. The molecule has 2 aromatic heterocycles. The van der Waals surface area contributed by atoms with Gasteiger partial charge in [0.2, 0.25) is 0 Å². The molecule has 0 aliphatic carbocycles. The minimum absolute atomic E-state index is 0.0611. The van der Waals surface area contributed by atoms with Crippen molar-refractivity contribution in [2.24, 2.45) is 7.05 Å². The second-order valence-electron chi connectivity index (χ2n) is 6.08. The van der Waals surface area contributed by atoms with Crippen molar-refractivity contribution in [1.29, 1.82) is 0 Å². The van der Waals surface area contributed by atoms with E-state index in [0.717, 1.165) is 16.9 Å². The average Bonchev–Trinajstić information content (AvgIpc) is 3.20. The van der Waals surface area contributed by atoms with E-state index >= 15 is 0 Å². The van der Waals surface area contributed by atoms with Gasteiger partial charge in [0.05, 0.1) is 17.8 Å². The van der Waals surface area contributed by atoms with Gasteiger partial charge in [-0.2, -0.15) is 0 Å². The van der Waals surface area contributed by atoms with Gasteiger partial charge in [0.1, 0.15) is 5.82 Å². The van der Waals surface area contributed by atoms with Crippen molar-refractivity contribution in [1.82, 2.24) is 14.9 Å². The Kier molecular flexibility index (Phi) is 3.97. The molecule has 4 nitrogen and oxygen atoms in total. The van der Waals surface area contributed by atoms with Crippen molar-refractivity contribution in [3.63, 3.8) is 0 Å². The standard InChI is InChI=1S/C19H17FN4S/c1-23-11-9-13(12-23)18-17(16-4-2-3-10-21-16)22-19(25)24(18)15-7-5-14(20)6-8-15/h2-12,17-18H,1H3,(H,22,25). The Hall–Kier alpha value is -2.73. The lowest BCUT2D eigenvalue weighted by Crippen LogP contribution is -2.29. The highest BCUT2D eigenvalue weighted by atomic mass is 32.1. The zero-order valence-electron chi connectivity index (χ0n) is 13.6. The number of rotatable bonds is 3. The zero-order valence-corrected chi connectivity index (χ0v) is 14.4. The lowest BCUT2D eigenvalue weighted by atomic mass is 9.98. The van der Waals surface area contributed by atoms with Gasteiger partial charge in [-0.05, 0) is 60.2 Å². The third-order valence-corrected chi connectivity index (χ3v) is 4.71. The molecule has 6 heteroatoms. The molecule has 1 aliphatic heterocycles. The molecule has 0 saturated carbocycles. The first-order valence-electron chi connectivity index (χ1n) is 8.01. The topological polar surface area (TPSA) is 33.1 Å². The van der Waals surface area contributed by atoms with Crippen LogP contribution in [-0.4, -0.2) is 14.7 Å². The highest BCUT2D eigenvalue weighted by Crippen LogP contribution is 2.41. The summed E-state index contributed by atoms with van der Waals surface area (Å²) in [6, 6.07) is 14.2. The largest absolute Gasteiger partial charge is 0.357 e. The Morgan fingerprint density at radius 3 is 2.56 bits per heavy atom. The molecule has 1 fully saturated rings. The molecule has 1 N–H and O–H groups in total. The number of hydrogen-bond acceptors (Lipinski definition) is 2. The third kappa shape index (κ3) is 2.89. The van der Waals surface area contributed by atoms with Gasteiger partial charge in [0.25, 0.3) is 0 Å². The Balaban J connectivity index is 1.81. The maximum absolute atomic E-state index is 13.4. The van der Waals surface area contributed by atoms with Crippen LogP contribution >= 0.6 is 12.2 Å². The number of thiocarbonyl (C=S) groups is 1. The molecule has 1 saturated heterocycles. The maximum atomic E-state index is 13.4. The highest BCUT2D eigenvalue weighted by Gasteiger charge is 2.40. The first-order chi connectivity index (χ1) is 12.1.